The topological polar surface area (TPSA) is 13.1 Å². The zero-order chi connectivity index (χ0) is 15.8. The van der Waals surface area contributed by atoms with E-state index in [1.807, 2.05) is 18.2 Å². The predicted molar refractivity (Wildman–Crippen MR) is 101 cm³/mol. The van der Waals surface area contributed by atoms with Gasteiger partial charge < -0.3 is 4.42 Å². The van der Waals surface area contributed by atoms with E-state index in [0.29, 0.717) is 0 Å². The summed E-state index contributed by atoms with van der Waals surface area (Å²) in [4.78, 5) is 0. The molecule has 1 nitrogen and oxygen atoms in total. The molecule has 0 N–H and O–H groups in total. The molecule has 0 saturated heterocycles. The molecule has 0 bridgehead atoms. The van der Waals surface area contributed by atoms with Crippen LogP contribution in [0.3, 0.4) is 0 Å². The summed E-state index contributed by atoms with van der Waals surface area (Å²) < 4.78 is 6.14. The van der Waals surface area contributed by atoms with Crippen LogP contribution in [0.4, 0.5) is 0 Å². The Kier molecular flexibility index (Phi) is 2.21. The van der Waals surface area contributed by atoms with Crippen molar-refractivity contribution >= 4 is 44.3 Å². The molecule has 1 aromatic heterocycles. The second-order valence-electron chi connectivity index (χ2n) is 6.31. The van der Waals surface area contributed by atoms with Crippen molar-refractivity contribution in [1.29, 1.82) is 0 Å². The molecule has 1 aliphatic rings. The zero-order valence-electron chi connectivity index (χ0n) is 12.6. The minimum atomic E-state index is 0.733. The van der Waals surface area contributed by atoms with E-state index in [1.165, 1.54) is 33.0 Å². The summed E-state index contributed by atoms with van der Waals surface area (Å²) in [6, 6.07) is 23.1. The lowest BCUT2D eigenvalue weighted by Gasteiger charge is -2.04. The van der Waals surface area contributed by atoms with E-state index in [2.05, 4.69) is 48.5 Å². The number of hydrogen-bond acceptors (Lipinski definition) is 1. The Bertz CT molecular complexity index is 1310. The minimum Gasteiger partial charge on any atom is -0.456 e. The van der Waals surface area contributed by atoms with Crippen LogP contribution in [-0.2, 0) is 0 Å². The average molecular weight is 327 g/mol. The second-order valence-corrected chi connectivity index (χ2v) is 6.75. The van der Waals surface area contributed by atoms with E-state index in [0.717, 1.165) is 27.0 Å². The summed E-state index contributed by atoms with van der Waals surface area (Å²) in [5, 5.41) is 5.51. The maximum atomic E-state index is 6.23. The van der Waals surface area contributed by atoms with Gasteiger partial charge in [-0.05, 0) is 57.3 Å². The molecule has 0 saturated carbocycles. The third-order valence-corrected chi connectivity index (χ3v) is 5.30. The van der Waals surface area contributed by atoms with Crippen molar-refractivity contribution in [1.82, 2.24) is 0 Å². The van der Waals surface area contributed by atoms with Crippen molar-refractivity contribution in [3.8, 4) is 22.3 Å². The van der Waals surface area contributed by atoms with Crippen molar-refractivity contribution in [2.75, 3.05) is 0 Å². The van der Waals surface area contributed by atoms with E-state index >= 15 is 0 Å². The van der Waals surface area contributed by atoms with Crippen LogP contribution >= 0.6 is 11.6 Å². The van der Waals surface area contributed by atoms with Crippen LogP contribution in [-0.4, -0.2) is 0 Å². The maximum Gasteiger partial charge on any atom is 0.136 e. The lowest BCUT2D eigenvalue weighted by Crippen LogP contribution is -1.78. The highest BCUT2D eigenvalue weighted by Gasteiger charge is 2.24. The molecule has 1 heterocycles. The lowest BCUT2D eigenvalue weighted by molar-refractivity contribution is 0.669. The number of hydrogen-bond donors (Lipinski definition) is 0. The highest BCUT2D eigenvalue weighted by Crippen LogP contribution is 2.50. The monoisotopic (exact) mass is 326 g/mol. The second kappa shape index (κ2) is 4.19. The maximum absolute atomic E-state index is 6.23. The van der Waals surface area contributed by atoms with Crippen LogP contribution in [0.1, 0.15) is 0 Å². The van der Waals surface area contributed by atoms with Gasteiger partial charge in [0.05, 0.1) is 0 Å². The van der Waals surface area contributed by atoms with Gasteiger partial charge >= 0.3 is 0 Å². The number of fused-ring (bicyclic) bond motifs is 7. The summed E-state index contributed by atoms with van der Waals surface area (Å²) in [6.07, 6.45) is 0. The van der Waals surface area contributed by atoms with Crippen LogP contribution in [0.15, 0.2) is 71.1 Å². The zero-order valence-corrected chi connectivity index (χ0v) is 13.4. The predicted octanol–water partition coefficient (Wildman–Crippen LogP) is 7.04. The Balaban J connectivity index is 1.92. The molecule has 24 heavy (non-hydrogen) atoms. The Labute approximate surface area is 143 Å². The van der Waals surface area contributed by atoms with Gasteiger partial charge in [-0.1, -0.05) is 54.1 Å². The summed E-state index contributed by atoms with van der Waals surface area (Å²) in [6.45, 7) is 0. The first-order chi connectivity index (χ1) is 11.8. The highest BCUT2D eigenvalue weighted by atomic mass is 35.5. The van der Waals surface area contributed by atoms with Crippen molar-refractivity contribution < 1.29 is 4.42 Å². The Morgan fingerprint density at radius 1 is 0.583 bits per heavy atom. The van der Waals surface area contributed by atoms with E-state index < -0.39 is 0 Å². The molecule has 112 valence electrons. The van der Waals surface area contributed by atoms with Gasteiger partial charge in [-0.3, -0.25) is 0 Å². The van der Waals surface area contributed by atoms with Crippen LogP contribution in [0.5, 0.6) is 0 Å². The molecule has 6 rings (SSSR count). The summed E-state index contributed by atoms with van der Waals surface area (Å²) in [7, 11) is 0. The first kappa shape index (κ1) is 12.6. The quantitative estimate of drug-likeness (QED) is 0.292. The average Bonchev–Trinajstić information content (AvgIpc) is 3.13. The van der Waals surface area contributed by atoms with Crippen molar-refractivity contribution in [2.24, 2.45) is 0 Å². The van der Waals surface area contributed by atoms with E-state index in [1.54, 1.807) is 0 Å². The molecule has 0 amide bonds. The van der Waals surface area contributed by atoms with E-state index in [4.69, 9.17) is 16.0 Å². The van der Waals surface area contributed by atoms with Crippen LogP contribution in [0, 0.1) is 0 Å². The van der Waals surface area contributed by atoms with Gasteiger partial charge in [0.2, 0.25) is 0 Å². The van der Waals surface area contributed by atoms with E-state index in [-0.39, 0.29) is 0 Å². The Morgan fingerprint density at radius 2 is 1.38 bits per heavy atom. The molecule has 0 fully saturated rings. The summed E-state index contributed by atoms with van der Waals surface area (Å²) in [5.41, 5.74) is 6.94. The third-order valence-electron chi connectivity index (χ3n) is 5.06. The number of halogens is 1. The van der Waals surface area contributed by atoms with Gasteiger partial charge in [0.25, 0.3) is 0 Å². The van der Waals surface area contributed by atoms with Gasteiger partial charge in [-0.15, -0.1) is 0 Å². The van der Waals surface area contributed by atoms with Gasteiger partial charge in [-0.2, -0.15) is 0 Å². The molecule has 4 aromatic carbocycles. The first-order valence-electron chi connectivity index (χ1n) is 7.98. The van der Waals surface area contributed by atoms with Crippen LogP contribution < -0.4 is 0 Å². The fourth-order valence-corrected chi connectivity index (χ4v) is 4.28. The lowest BCUT2D eigenvalue weighted by atomic mass is 9.98. The fraction of sp³-hybridized carbons (Fsp3) is 0. The van der Waals surface area contributed by atoms with Crippen LogP contribution in [0.2, 0.25) is 5.02 Å². The number of benzene rings is 4. The molecule has 0 spiro atoms. The molecule has 5 aromatic rings. The Hall–Kier alpha value is -2.77. The minimum absolute atomic E-state index is 0.733. The standard InChI is InChI=1S/C22H11ClO/c23-12-8-9-19-18(10-12)22-16-7-3-6-15-13-4-1-2-5-14(13)17(21(15)16)11-20(22)24-19/h1-11H. The summed E-state index contributed by atoms with van der Waals surface area (Å²) in [5.74, 6) is 0. The number of rotatable bonds is 0. The SMILES string of the molecule is Clc1ccc2oc3cc4c5c(cccc5c3c2c1)-c1ccccc1-4. The molecule has 0 radical (unpaired) electrons. The summed E-state index contributed by atoms with van der Waals surface area (Å²) >= 11 is 6.23. The molecular formula is C22H11ClO. The molecule has 2 heteroatoms. The van der Waals surface area contributed by atoms with Crippen molar-refractivity contribution in [3.63, 3.8) is 0 Å². The van der Waals surface area contributed by atoms with Crippen molar-refractivity contribution in [3.05, 3.63) is 71.8 Å². The van der Waals surface area contributed by atoms with Crippen molar-refractivity contribution in [2.45, 2.75) is 0 Å². The molecular weight excluding hydrogens is 316 g/mol. The molecule has 0 atom stereocenters. The van der Waals surface area contributed by atoms with Gasteiger partial charge in [-0.25, -0.2) is 0 Å². The normalized spacial score (nSPS) is 12.4. The Morgan fingerprint density at radius 3 is 2.25 bits per heavy atom. The molecule has 0 unspecified atom stereocenters. The van der Waals surface area contributed by atoms with Gasteiger partial charge in [0.1, 0.15) is 11.2 Å². The fourth-order valence-electron chi connectivity index (χ4n) is 4.11. The largest absolute Gasteiger partial charge is 0.456 e. The molecule has 0 aliphatic heterocycles. The highest BCUT2D eigenvalue weighted by molar-refractivity contribution is 6.33. The van der Waals surface area contributed by atoms with E-state index in [9.17, 15) is 0 Å². The smallest absolute Gasteiger partial charge is 0.136 e. The third kappa shape index (κ3) is 1.41. The number of furan rings is 1. The first-order valence-corrected chi connectivity index (χ1v) is 8.36. The van der Waals surface area contributed by atoms with Gasteiger partial charge in [0, 0.05) is 15.8 Å². The van der Waals surface area contributed by atoms with Gasteiger partial charge in [0.15, 0.2) is 0 Å². The van der Waals surface area contributed by atoms with Crippen LogP contribution in [0.25, 0.3) is 55.0 Å². The molecule has 1 aliphatic carbocycles.